The van der Waals surface area contributed by atoms with Gasteiger partial charge in [0.2, 0.25) is 0 Å². The highest BCUT2D eigenvalue weighted by Gasteiger charge is 2.53. The molecule has 3 aliphatic heterocycles. The van der Waals surface area contributed by atoms with Crippen molar-refractivity contribution in [1.82, 2.24) is 0 Å². The summed E-state index contributed by atoms with van der Waals surface area (Å²) in [7, 11) is 2.72. The van der Waals surface area contributed by atoms with E-state index in [1.165, 1.54) is 51.5 Å². The van der Waals surface area contributed by atoms with Gasteiger partial charge in [-0.3, -0.25) is 0 Å². The third kappa shape index (κ3) is 10.5. The maximum atomic E-state index is 13.4. The zero-order valence-corrected chi connectivity index (χ0v) is 31.2. The number of aliphatic hydroxyl groups excluding tert-OH is 8. The molecule has 3 fully saturated rings. The summed E-state index contributed by atoms with van der Waals surface area (Å²) in [6, 6.07) is 8.86. The summed E-state index contributed by atoms with van der Waals surface area (Å²) in [5, 5.41) is 104. The third-order valence-corrected chi connectivity index (χ3v) is 9.77. The Bertz CT molecular complexity index is 1640. The van der Waals surface area contributed by atoms with E-state index in [1.54, 1.807) is 12.1 Å². The summed E-state index contributed by atoms with van der Waals surface area (Å²) in [5.41, 5.74) is 1.08. The molecule has 15 atom stereocenters. The van der Waals surface area contributed by atoms with E-state index in [-0.39, 0.29) is 36.0 Å². The molecule has 0 bridgehead atoms. The topological polar surface area (TPSA) is 302 Å². The van der Waals surface area contributed by atoms with Crippen LogP contribution in [0.3, 0.4) is 0 Å². The number of esters is 1. The van der Waals surface area contributed by atoms with Crippen molar-refractivity contribution in [2.45, 2.75) is 105 Å². The zero-order valence-electron chi connectivity index (χ0n) is 31.2. The highest BCUT2D eigenvalue weighted by molar-refractivity contribution is 5.87. The lowest BCUT2D eigenvalue weighted by atomic mass is 9.96. The molecular weight excluding hydrogens is 764 g/mol. The first-order valence-electron chi connectivity index (χ1n) is 18.0. The molecule has 20 heteroatoms. The average Bonchev–Trinajstić information content (AvgIpc) is 3.20. The molecule has 0 aromatic heterocycles. The molecule has 3 heterocycles. The van der Waals surface area contributed by atoms with Gasteiger partial charge in [-0.1, -0.05) is 12.1 Å². The third-order valence-electron chi connectivity index (χ3n) is 9.77. The number of aromatic hydroxyl groups is 2. The average molecular weight is 815 g/mol. The molecule has 57 heavy (non-hydrogen) atoms. The number of aliphatic hydroxyl groups is 8. The molecule has 2 aromatic carbocycles. The molecule has 0 unspecified atom stereocenters. The molecule has 0 aliphatic carbocycles. The molecule has 5 rings (SSSR count). The molecule has 0 spiro atoms. The number of phenolic OH excluding ortho intramolecular Hbond substituents is 2. The lowest BCUT2D eigenvalue weighted by Crippen LogP contribution is -2.65. The number of methoxy groups -OCH3 is 2. The second-order valence-electron chi connectivity index (χ2n) is 13.6. The van der Waals surface area contributed by atoms with E-state index < -0.39 is 111 Å². The Labute approximate surface area is 326 Å². The van der Waals surface area contributed by atoms with Crippen LogP contribution in [0.2, 0.25) is 0 Å². The lowest BCUT2D eigenvalue weighted by molar-refractivity contribution is -0.364. The quantitative estimate of drug-likeness (QED) is 0.0652. The van der Waals surface area contributed by atoms with Crippen molar-refractivity contribution >= 4 is 12.0 Å². The molecule has 3 saturated heterocycles. The van der Waals surface area contributed by atoms with E-state index in [2.05, 4.69) is 0 Å². The molecular formula is C37H50O20. The number of phenols is 2. The summed E-state index contributed by atoms with van der Waals surface area (Å²) in [4.78, 5) is 13.4. The first-order chi connectivity index (χ1) is 27.2. The van der Waals surface area contributed by atoms with Crippen molar-refractivity contribution in [3.63, 3.8) is 0 Å². The number of benzene rings is 2. The van der Waals surface area contributed by atoms with Crippen LogP contribution >= 0.6 is 0 Å². The van der Waals surface area contributed by atoms with E-state index in [0.717, 1.165) is 6.08 Å². The van der Waals surface area contributed by atoms with Crippen LogP contribution < -0.4 is 9.47 Å². The lowest BCUT2D eigenvalue weighted by Gasteiger charge is -2.47. The predicted octanol–water partition coefficient (Wildman–Crippen LogP) is -2.59. The monoisotopic (exact) mass is 814 g/mol. The smallest absolute Gasteiger partial charge is 0.331 e. The van der Waals surface area contributed by atoms with Gasteiger partial charge in [-0.25, -0.2) is 4.79 Å². The van der Waals surface area contributed by atoms with Gasteiger partial charge in [0, 0.05) is 6.08 Å². The molecule has 3 aliphatic rings. The molecule has 10 N–H and O–H groups in total. The minimum absolute atomic E-state index is 0.0901. The first kappa shape index (κ1) is 44.4. The number of hydrogen-bond acceptors (Lipinski definition) is 20. The minimum atomic E-state index is -1.86. The number of ether oxygens (including phenoxy) is 9. The Hall–Kier alpha value is -3.71. The van der Waals surface area contributed by atoms with Gasteiger partial charge in [-0.2, -0.15) is 0 Å². The first-order valence-corrected chi connectivity index (χ1v) is 18.0. The maximum Gasteiger partial charge on any atom is 0.331 e. The van der Waals surface area contributed by atoms with E-state index in [1.807, 2.05) is 0 Å². The number of carbonyl (C=O) groups is 1. The van der Waals surface area contributed by atoms with Gasteiger partial charge < -0.3 is 93.7 Å². The maximum absolute atomic E-state index is 13.4. The van der Waals surface area contributed by atoms with Crippen LogP contribution in [0, 0.1) is 0 Å². The fraction of sp³-hybridized carbons (Fsp3) is 0.595. The molecule has 318 valence electrons. The molecule has 2 aromatic rings. The van der Waals surface area contributed by atoms with Crippen LogP contribution in [0.4, 0.5) is 0 Å². The van der Waals surface area contributed by atoms with Gasteiger partial charge in [0.15, 0.2) is 48.0 Å². The second kappa shape index (κ2) is 19.8. The summed E-state index contributed by atoms with van der Waals surface area (Å²) in [5.74, 6) is -0.935. The second-order valence-corrected chi connectivity index (χ2v) is 13.6. The van der Waals surface area contributed by atoms with Crippen molar-refractivity contribution in [2.75, 3.05) is 34.0 Å². The van der Waals surface area contributed by atoms with Crippen LogP contribution in [0.1, 0.15) is 18.1 Å². The fourth-order valence-corrected chi connectivity index (χ4v) is 6.45. The number of rotatable bonds is 15. The minimum Gasteiger partial charge on any atom is -0.504 e. The Kier molecular flexibility index (Phi) is 15.4. The fourth-order valence-electron chi connectivity index (χ4n) is 6.45. The van der Waals surface area contributed by atoms with Crippen molar-refractivity contribution in [1.29, 1.82) is 0 Å². The summed E-state index contributed by atoms with van der Waals surface area (Å²) in [6.45, 7) is -0.111. The van der Waals surface area contributed by atoms with E-state index in [9.17, 15) is 55.9 Å². The highest BCUT2D eigenvalue weighted by Crippen LogP contribution is 2.33. The van der Waals surface area contributed by atoms with Gasteiger partial charge in [-0.15, -0.1) is 0 Å². The SMILES string of the molecule is COc1cc(C=CC(=O)O[C@H]2[C@H](O[C@H]3O[C@H](C)[C@@H](O)[C@@H](O)[C@H]3O)[C@@H](O)[C@H](OCCc3ccc(O)c(OC)c3)O[C@@H]2CO[C@H]2O[C@H](CO)[C@@H](O)[C@@H](O)[C@@H]2O)ccc1O. The highest BCUT2D eigenvalue weighted by atomic mass is 16.8. The normalized spacial score (nSPS) is 35.9. The van der Waals surface area contributed by atoms with Crippen LogP contribution in [0.15, 0.2) is 42.5 Å². The van der Waals surface area contributed by atoms with Crippen LogP contribution in [0.5, 0.6) is 23.0 Å². The van der Waals surface area contributed by atoms with Gasteiger partial charge in [-0.05, 0) is 54.8 Å². The van der Waals surface area contributed by atoms with Gasteiger partial charge >= 0.3 is 5.97 Å². The largest absolute Gasteiger partial charge is 0.504 e. The molecule has 20 nitrogen and oxygen atoms in total. The van der Waals surface area contributed by atoms with Crippen molar-refractivity contribution in [2.24, 2.45) is 0 Å². The zero-order chi connectivity index (χ0) is 41.6. The number of hydrogen-bond donors (Lipinski definition) is 10. The van der Waals surface area contributed by atoms with Gasteiger partial charge in [0.05, 0.1) is 40.1 Å². The predicted molar refractivity (Wildman–Crippen MR) is 190 cm³/mol. The van der Waals surface area contributed by atoms with Crippen LogP contribution in [-0.2, 0) is 44.4 Å². The standard InChI is InChI=1S/C37H50O20/c1-16-26(42)28(44)31(47)37(53-16)57-34-32(48)36(51-11-10-18-5-8-20(40)22(13-18)50-3)55-24(15-52-35-30(46)29(45)27(43)23(14-38)54-35)33(34)56-25(41)9-6-17-4-7-19(39)21(12-17)49-2/h4-9,12-13,16,23-24,26-40,42-48H,10-11,14-15H2,1-3H3/t16-,23-,24-,26-,27-,28-,29-,30+,31-,32-,33-,34-,35+,36-,37-/m1/s1. The van der Waals surface area contributed by atoms with Gasteiger partial charge in [0.1, 0.15) is 61.0 Å². The summed E-state index contributed by atoms with van der Waals surface area (Å²) < 4.78 is 50.9. The van der Waals surface area contributed by atoms with Crippen molar-refractivity contribution in [3.05, 3.63) is 53.6 Å². The molecule has 0 saturated carbocycles. The number of carbonyl (C=O) groups excluding carboxylic acids is 1. The van der Waals surface area contributed by atoms with E-state index >= 15 is 0 Å². The molecule has 0 amide bonds. The summed E-state index contributed by atoms with van der Waals surface area (Å²) in [6.07, 6.45) is -21.9. The summed E-state index contributed by atoms with van der Waals surface area (Å²) >= 11 is 0. The van der Waals surface area contributed by atoms with E-state index in [0.29, 0.717) is 11.1 Å². The Morgan fingerprint density at radius 3 is 2.00 bits per heavy atom. The van der Waals surface area contributed by atoms with Crippen LogP contribution in [-0.4, -0.2) is 183 Å². The Morgan fingerprint density at radius 2 is 1.32 bits per heavy atom. The van der Waals surface area contributed by atoms with Crippen molar-refractivity contribution < 1.29 is 98.5 Å². The van der Waals surface area contributed by atoms with Crippen LogP contribution in [0.25, 0.3) is 6.08 Å². The Balaban J connectivity index is 1.44. The van der Waals surface area contributed by atoms with Crippen molar-refractivity contribution in [3.8, 4) is 23.0 Å². The van der Waals surface area contributed by atoms with E-state index in [4.69, 9.17) is 42.6 Å². The Morgan fingerprint density at radius 1 is 0.702 bits per heavy atom. The molecule has 0 radical (unpaired) electrons. The van der Waals surface area contributed by atoms with Gasteiger partial charge in [0.25, 0.3) is 0 Å².